The van der Waals surface area contributed by atoms with Crippen molar-refractivity contribution in [2.45, 2.75) is 62.7 Å². The molecule has 4 aliphatic rings. The fourth-order valence-corrected chi connectivity index (χ4v) is 6.39. The van der Waals surface area contributed by atoms with Crippen molar-refractivity contribution in [3.05, 3.63) is 52.1 Å². The Labute approximate surface area is 267 Å². The molecule has 2 aromatic rings. The zero-order valence-electron chi connectivity index (χ0n) is 24.6. The van der Waals surface area contributed by atoms with Gasteiger partial charge in [0.1, 0.15) is 12.1 Å². The Balaban J connectivity index is 0.916. The molecule has 45 heavy (non-hydrogen) atoms. The zero-order chi connectivity index (χ0) is 31.7. The van der Waals surface area contributed by atoms with Gasteiger partial charge in [-0.1, -0.05) is 0 Å². The number of ether oxygens (including phenoxy) is 2. The van der Waals surface area contributed by atoms with Crippen molar-refractivity contribution in [3.8, 4) is 5.88 Å². The van der Waals surface area contributed by atoms with E-state index in [1.165, 1.54) is 0 Å². The summed E-state index contributed by atoms with van der Waals surface area (Å²) in [5.74, 6) is -4.51. The van der Waals surface area contributed by atoms with E-state index in [0.717, 1.165) is 9.37 Å². The Morgan fingerprint density at radius 1 is 0.978 bits per heavy atom. The number of alkyl halides is 2. The van der Waals surface area contributed by atoms with Gasteiger partial charge in [-0.25, -0.2) is 13.8 Å². The number of halogens is 3. The molecule has 1 N–H and O–H groups in total. The van der Waals surface area contributed by atoms with Gasteiger partial charge in [0.25, 0.3) is 17.7 Å². The SMILES string of the molecule is O=C1CCC(N2C(=O)c3ccc(N4CCN(CC(F)(F)CCCOC5CC(Oc6ccc(Br)cn6)C5)CC4)cc3C2=O)C(=O)N1. The van der Waals surface area contributed by atoms with Crippen molar-refractivity contribution >= 4 is 45.2 Å². The Bertz CT molecular complexity index is 1460. The molecule has 240 valence electrons. The van der Waals surface area contributed by atoms with Gasteiger partial charge in [0.05, 0.1) is 23.8 Å². The monoisotopic (exact) mass is 689 g/mol. The average molecular weight is 691 g/mol. The van der Waals surface area contributed by atoms with Gasteiger partial charge in [0.2, 0.25) is 17.7 Å². The minimum atomic E-state index is -2.84. The third-order valence-corrected chi connectivity index (χ3v) is 9.16. The normalized spacial score (nSPS) is 24.0. The van der Waals surface area contributed by atoms with Gasteiger partial charge in [-0.05, 0) is 53.0 Å². The smallest absolute Gasteiger partial charge is 0.262 e. The number of rotatable bonds is 11. The fraction of sp³-hybridized carbons (Fsp3) is 0.516. The number of pyridine rings is 1. The molecule has 0 radical (unpaired) electrons. The molecule has 1 unspecified atom stereocenters. The maximum atomic E-state index is 14.8. The quantitative estimate of drug-likeness (QED) is 0.280. The molecule has 1 atom stereocenters. The van der Waals surface area contributed by atoms with Crippen LogP contribution >= 0.6 is 15.9 Å². The van der Waals surface area contributed by atoms with Crippen molar-refractivity contribution in [3.63, 3.8) is 0 Å². The van der Waals surface area contributed by atoms with Gasteiger partial charge >= 0.3 is 0 Å². The number of nitrogens with one attached hydrogen (secondary N) is 1. The van der Waals surface area contributed by atoms with Crippen LogP contribution in [0.4, 0.5) is 14.5 Å². The van der Waals surface area contributed by atoms with E-state index in [4.69, 9.17) is 9.47 Å². The lowest BCUT2D eigenvalue weighted by atomic mass is 9.92. The van der Waals surface area contributed by atoms with Crippen LogP contribution in [0.1, 0.15) is 59.2 Å². The third kappa shape index (κ3) is 7.17. The van der Waals surface area contributed by atoms with E-state index in [1.807, 2.05) is 11.0 Å². The van der Waals surface area contributed by atoms with Crippen molar-refractivity contribution < 1.29 is 37.4 Å². The minimum Gasteiger partial charge on any atom is -0.474 e. The molecular weight excluding hydrogens is 656 g/mol. The van der Waals surface area contributed by atoms with Crippen LogP contribution in [0.3, 0.4) is 0 Å². The summed E-state index contributed by atoms with van der Waals surface area (Å²) >= 11 is 3.33. The topological polar surface area (TPSA) is 121 Å². The van der Waals surface area contributed by atoms with Crippen LogP contribution in [0.25, 0.3) is 0 Å². The summed E-state index contributed by atoms with van der Waals surface area (Å²) in [4.78, 5) is 58.8. The lowest BCUT2D eigenvalue weighted by molar-refractivity contribution is -0.136. The molecule has 0 spiro atoms. The lowest BCUT2D eigenvalue weighted by Crippen LogP contribution is -2.54. The first kappa shape index (κ1) is 31.5. The highest BCUT2D eigenvalue weighted by molar-refractivity contribution is 9.10. The van der Waals surface area contributed by atoms with Gasteiger partial charge in [0.15, 0.2) is 0 Å². The fourth-order valence-electron chi connectivity index (χ4n) is 6.16. The summed E-state index contributed by atoms with van der Waals surface area (Å²) in [6, 6.07) is 7.55. The summed E-state index contributed by atoms with van der Waals surface area (Å²) in [6.45, 7) is 1.76. The number of aromatic nitrogens is 1. The lowest BCUT2D eigenvalue weighted by Gasteiger charge is -2.37. The van der Waals surface area contributed by atoms with Gasteiger partial charge < -0.3 is 14.4 Å². The molecule has 14 heteroatoms. The van der Waals surface area contributed by atoms with Crippen molar-refractivity contribution in [2.24, 2.45) is 0 Å². The van der Waals surface area contributed by atoms with Crippen LogP contribution in [-0.4, -0.2) is 102 Å². The number of benzene rings is 1. The number of hydrogen-bond donors (Lipinski definition) is 1. The molecule has 1 aliphatic carbocycles. The third-order valence-electron chi connectivity index (χ3n) is 8.70. The molecular formula is C31H34BrF2N5O6. The van der Waals surface area contributed by atoms with E-state index in [1.54, 1.807) is 35.4 Å². The van der Waals surface area contributed by atoms with Crippen LogP contribution in [0.15, 0.2) is 41.0 Å². The number of anilines is 1. The number of carbonyl (C=O) groups is 4. The van der Waals surface area contributed by atoms with Crippen molar-refractivity contribution in [1.82, 2.24) is 20.1 Å². The maximum Gasteiger partial charge on any atom is 0.262 e. The Morgan fingerprint density at radius 2 is 1.73 bits per heavy atom. The molecule has 4 amide bonds. The van der Waals surface area contributed by atoms with Gasteiger partial charge in [-0.15, -0.1) is 0 Å². The zero-order valence-corrected chi connectivity index (χ0v) is 26.1. The number of piperazine rings is 1. The second-order valence-electron chi connectivity index (χ2n) is 11.9. The van der Waals surface area contributed by atoms with E-state index >= 15 is 0 Å². The van der Waals surface area contributed by atoms with Crippen LogP contribution in [0, 0.1) is 0 Å². The van der Waals surface area contributed by atoms with Crippen LogP contribution in [0.5, 0.6) is 5.88 Å². The van der Waals surface area contributed by atoms with Crippen LogP contribution < -0.4 is 15.0 Å². The maximum absolute atomic E-state index is 14.8. The predicted molar refractivity (Wildman–Crippen MR) is 161 cm³/mol. The standard InChI is InChI=1S/C31H34BrF2N5O6/c32-19-2-7-27(35-17-19)45-22-15-21(16-22)44-13-1-8-31(33,34)18-37-9-11-38(12-10-37)20-3-4-23-24(14-20)30(43)39(29(23)42)25-5-6-26(40)36-28(25)41/h2-4,7,14,17,21-22,25H,1,5-6,8-13,15-16,18H2,(H,36,40,41). The van der Waals surface area contributed by atoms with E-state index in [9.17, 15) is 28.0 Å². The first-order chi connectivity index (χ1) is 21.6. The van der Waals surface area contributed by atoms with Crippen molar-refractivity contribution in [1.29, 1.82) is 0 Å². The van der Waals surface area contributed by atoms with Crippen LogP contribution in [0.2, 0.25) is 0 Å². The highest BCUT2D eigenvalue weighted by Crippen LogP contribution is 2.32. The number of carbonyl (C=O) groups excluding carboxylic acids is 4. The first-order valence-corrected chi connectivity index (χ1v) is 16.0. The van der Waals surface area contributed by atoms with E-state index in [2.05, 4.69) is 26.2 Å². The number of fused-ring (bicyclic) bond motifs is 1. The second kappa shape index (κ2) is 13.1. The summed E-state index contributed by atoms with van der Waals surface area (Å²) in [5.41, 5.74) is 1.12. The molecule has 2 saturated heterocycles. The first-order valence-electron chi connectivity index (χ1n) is 15.2. The number of nitrogens with zero attached hydrogens (tertiary/aromatic N) is 4. The summed E-state index contributed by atoms with van der Waals surface area (Å²) in [6.07, 6.45) is 3.28. The van der Waals surface area contributed by atoms with E-state index in [0.29, 0.717) is 50.6 Å². The Morgan fingerprint density at radius 3 is 2.44 bits per heavy atom. The predicted octanol–water partition coefficient (Wildman–Crippen LogP) is 3.41. The molecule has 4 heterocycles. The molecule has 6 rings (SSSR count). The Hall–Kier alpha value is -3.49. The highest BCUT2D eigenvalue weighted by Gasteiger charge is 2.45. The van der Waals surface area contributed by atoms with Crippen LogP contribution in [-0.2, 0) is 14.3 Å². The number of piperidine rings is 1. The van der Waals surface area contributed by atoms with Gasteiger partial charge in [-0.3, -0.25) is 34.3 Å². The molecule has 3 fully saturated rings. The molecule has 11 nitrogen and oxygen atoms in total. The molecule has 3 aliphatic heterocycles. The van der Waals surface area contributed by atoms with Gasteiger partial charge in [-0.2, -0.15) is 0 Å². The summed E-state index contributed by atoms with van der Waals surface area (Å²) in [7, 11) is 0. The Kier molecular flexibility index (Phi) is 9.16. The number of imide groups is 2. The minimum absolute atomic E-state index is 0.0142. The van der Waals surface area contributed by atoms with Crippen molar-refractivity contribution in [2.75, 3.05) is 44.2 Å². The van der Waals surface area contributed by atoms with E-state index < -0.39 is 35.6 Å². The molecule has 0 bridgehead atoms. The molecule has 1 aromatic heterocycles. The summed E-state index contributed by atoms with van der Waals surface area (Å²) in [5, 5.41) is 2.19. The van der Waals surface area contributed by atoms with Gasteiger partial charge in [0, 0.05) is 80.9 Å². The average Bonchev–Trinajstić information content (AvgIpc) is 3.23. The second-order valence-corrected chi connectivity index (χ2v) is 12.8. The number of amides is 4. The highest BCUT2D eigenvalue weighted by atomic mass is 79.9. The summed E-state index contributed by atoms with van der Waals surface area (Å²) < 4.78 is 42.0. The largest absolute Gasteiger partial charge is 0.474 e. The number of hydrogen-bond acceptors (Lipinski definition) is 9. The van der Waals surface area contributed by atoms with E-state index in [-0.39, 0.29) is 62.2 Å². The molecule has 1 saturated carbocycles. The molecule has 1 aromatic carbocycles.